The van der Waals surface area contributed by atoms with Gasteiger partial charge in [-0.2, -0.15) is 5.10 Å². The average Bonchev–Trinajstić information content (AvgIpc) is 3.00. The van der Waals surface area contributed by atoms with E-state index in [0.717, 1.165) is 30.7 Å². The second kappa shape index (κ2) is 6.65. The molecule has 1 N–H and O–H groups in total. The van der Waals surface area contributed by atoms with Gasteiger partial charge in [0.15, 0.2) is 0 Å². The molecule has 0 radical (unpaired) electrons. The number of hydrogen-bond acceptors (Lipinski definition) is 4. The number of nitrogens with one attached hydrogen (secondary N) is 1. The van der Waals surface area contributed by atoms with Gasteiger partial charge in [0.05, 0.1) is 42.2 Å². The first-order chi connectivity index (χ1) is 8.77. The van der Waals surface area contributed by atoms with Crippen LogP contribution in [0.4, 0.5) is 0 Å². The number of hydrogen-bond donors (Lipinski definition) is 1. The maximum atomic E-state index is 5.49. The predicted octanol–water partition coefficient (Wildman–Crippen LogP) is 1.59. The standard InChI is InChI=1S/C12H20BrN3O2/c1-14-11(9-3-5-18-8-9)12-10(13)7-15-16(12)4-6-17-2/h7,9,11,14H,3-6,8H2,1-2H3. The molecule has 1 saturated heterocycles. The molecule has 0 aliphatic carbocycles. The van der Waals surface area contributed by atoms with E-state index in [9.17, 15) is 0 Å². The first-order valence-corrected chi connectivity index (χ1v) is 7.02. The van der Waals surface area contributed by atoms with E-state index in [4.69, 9.17) is 9.47 Å². The third-order valence-electron chi connectivity index (χ3n) is 3.38. The van der Waals surface area contributed by atoms with E-state index in [2.05, 4.69) is 26.3 Å². The van der Waals surface area contributed by atoms with Crippen molar-refractivity contribution in [1.82, 2.24) is 15.1 Å². The van der Waals surface area contributed by atoms with Gasteiger partial charge in [-0.1, -0.05) is 0 Å². The maximum Gasteiger partial charge on any atom is 0.0700 e. The van der Waals surface area contributed by atoms with E-state index in [1.165, 1.54) is 5.69 Å². The summed E-state index contributed by atoms with van der Waals surface area (Å²) in [5.41, 5.74) is 1.19. The number of rotatable bonds is 6. The SMILES string of the molecule is CNC(c1c(Br)cnn1CCOC)C1CCOC1. The van der Waals surface area contributed by atoms with E-state index >= 15 is 0 Å². The smallest absolute Gasteiger partial charge is 0.0700 e. The molecule has 1 aliphatic heterocycles. The lowest BCUT2D eigenvalue weighted by Gasteiger charge is -2.23. The summed E-state index contributed by atoms with van der Waals surface area (Å²) in [5, 5.41) is 7.79. The highest BCUT2D eigenvalue weighted by molar-refractivity contribution is 9.10. The van der Waals surface area contributed by atoms with Crippen molar-refractivity contribution in [2.45, 2.75) is 19.0 Å². The molecule has 2 unspecified atom stereocenters. The van der Waals surface area contributed by atoms with Crippen LogP contribution in [-0.4, -0.2) is 43.8 Å². The molecule has 1 aliphatic rings. The quantitative estimate of drug-likeness (QED) is 0.865. The lowest BCUT2D eigenvalue weighted by molar-refractivity contribution is 0.171. The molecule has 6 heteroatoms. The van der Waals surface area contributed by atoms with Crippen LogP contribution in [0.3, 0.4) is 0 Å². The molecule has 2 rings (SSSR count). The van der Waals surface area contributed by atoms with Gasteiger partial charge in [-0.25, -0.2) is 0 Å². The number of ether oxygens (including phenoxy) is 2. The maximum absolute atomic E-state index is 5.49. The highest BCUT2D eigenvalue weighted by Crippen LogP contribution is 2.32. The van der Waals surface area contributed by atoms with Gasteiger partial charge in [0, 0.05) is 19.6 Å². The zero-order chi connectivity index (χ0) is 13.0. The number of halogens is 1. The fraction of sp³-hybridized carbons (Fsp3) is 0.750. The monoisotopic (exact) mass is 317 g/mol. The van der Waals surface area contributed by atoms with Crippen LogP contribution in [0, 0.1) is 5.92 Å². The van der Waals surface area contributed by atoms with Gasteiger partial charge in [0.1, 0.15) is 0 Å². The minimum atomic E-state index is 0.265. The Hall–Kier alpha value is -0.430. The van der Waals surface area contributed by atoms with Gasteiger partial charge in [0.2, 0.25) is 0 Å². The van der Waals surface area contributed by atoms with Crippen LogP contribution in [0.25, 0.3) is 0 Å². The van der Waals surface area contributed by atoms with Crippen molar-refractivity contribution < 1.29 is 9.47 Å². The molecular formula is C12H20BrN3O2. The average molecular weight is 318 g/mol. The third-order valence-corrected chi connectivity index (χ3v) is 3.99. The Morgan fingerprint density at radius 2 is 2.56 bits per heavy atom. The van der Waals surface area contributed by atoms with Crippen molar-refractivity contribution in [3.63, 3.8) is 0 Å². The molecule has 5 nitrogen and oxygen atoms in total. The lowest BCUT2D eigenvalue weighted by Crippen LogP contribution is -2.29. The predicted molar refractivity (Wildman–Crippen MR) is 72.5 cm³/mol. The van der Waals surface area contributed by atoms with Crippen molar-refractivity contribution in [1.29, 1.82) is 0 Å². The Morgan fingerprint density at radius 3 is 3.17 bits per heavy atom. The molecule has 1 aromatic heterocycles. The fourth-order valence-electron chi connectivity index (χ4n) is 2.45. The highest BCUT2D eigenvalue weighted by atomic mass is 79.9. The van der Waals surface area contributed by atoms with Crippen LogP contribution in [0.2, 0.25) is 0 Å². The minimum absolute atomic E-state index is 0.265. The summed E-state index contributed by atoms with van der Waals surface area (Å²) in [4.78, 5) is 0. The Morgan fingerprint density at radius 1 is 1.72 bits per heavy atom. The first-order valence-electron chi connectivity index (χ1n) is 6.23. The van der Waals surface area contributed by atoms with Crippen LogP contribution in [-0.2, 0) is 16.0 Å². The zero-order valence-corrected chi connectivity index (χ0v) is 12.4. The molecule has 102 valence electrons. The van der Waals surface area contributed by atoms with Crippen molar-refractivity contribution in [2.75, 3.05) is 34.0 Å². The van der Waals surface area contributed by atoms with E-state index in [1.807, 2.05) is 17.9 Å². The zero-order valence-electron chi connectivity index (χ0n) is 10.9. The summed E-state index contributed by atoms with van der Waals surface area (Å²) >= 11 is 3.59. The number of methoxy groups -OCH3 is 1. The molecule has 0 amide bonds. The molecule has 0 saturated carbocycles. The molecular weight excluding hydrogens is 298 g/mol. The van der Waals surface area contributed by atoms with Crippen LogP contribution < -0.4 is 5.32 Å². The second-order valence-electron chi connectivity index (χ2n) is 4.48. The van der Waals surface area contributed by atoms with Crippen LogP contribution in [0.15, 0.2) is 10.7 Å². The van der Waals surface area contributed by atoms with Crippen LogP contribution in [0.1, 0.15) is 18.2 Å². The molecule has 2 heterocycles. The van der Waals surface area contributed by atoms with Gasteiger partial charge in [-0.3, -0.25) is 4.68 Å². The Balaban J connectivity index is 2.20. The summed E-state index contributed by atoms with van der Waals surface area (Å²) in [6.07, 6.45) is 2.94. The summed E-state index contributed by atoms with van der Waals surface area (Å²) in [6.45, 7) is 3.10. The van der Waals surface area contributed by atoms with E-state index in [1.54, 1.807) is 7.11 Å². The summed E-state index contributed by atoms with van der Waals surface area (Å²) in [7, 11) is 3.70. The molecule has 1 fully saturated rings. The van der Waals surface area contributed by atoms with Crippen molar-refractivity contribution in [2.24, 2.45) is 5.92 Å². The fourth-order valence-corrected chi connectivity index (χ4v) is 2.99. The highest BCUT2D eigenvalue weighted by Gasteiger charge is 2.29. The van der Waals surface area contributed by atoms with E-state index < -0.39 is 0 Å². The Kier molecular flexibility index (Phi) is 5.17. The molecule has 2 atom stereocenters. The summed E-state index contributed by atoms with van der Waals surface area (Å²) in [6, 6.07) is 0.265. The molecule has 0 spiro atoms. The Labute approximate surface area is 116 Å². The molecule has 18 heavy (non-hydrogen) atoms. The second-order valence-corrected chi connectivity index (χ2v) is 5.34. The van der Waals surface area contributed by atoms with Gasteiger partial charge in [-0.05, 0) is 29.4 Å². The lowest BCUT2D eigenvalue weighted by atomic mass is 9.96. The van der Waals surface area contributed by atoms with Gasteiger partial charge in [0.25, 0.3) is 0 Å². The van der Waals surface area contributed by atoms with Crippen molar-refractivity contribution in [3.8, 4) is 0 Å². The Bertz CT molecular complexity index is 377. The van der Waals surface area contributed by atoms with E-state index in [0.29, 0.717) is 12.5 Å². The topological polar surface area (TPSA) is 48.3 Å². The molecule has 1 aromatic rings. The first kappa shape index (κ1) is 14.0. The number of nitrogens with zero attached hydrogens (tertiary/aromatic N) is 2. The van der Waals surface area contributed by atoms with Gasteiger partial charge >= 0.3 is 0 Å². The van der Waals surface area contributed by atoms with Crippen molar-refractivity contribution >= 4 is 15.9 Å². The summed E-state index contributed by atoms with van der Waals surface area (Å²) < 4.78 is 13.7. The number of aromatic nitrogens is 2. The molecule has 0 bridgehead atoms. The van der Waals surface area contributed by atoms with Crippen molar-refractivity contribution in [3.05, 3.63) is 16.4 Å². The summed E-state index contributed by atoms with van der Waals surface area (Å²) in [5.74, 6) is 0.504. The largest absolute Gasteiger partial charge is 0.383 e. The normalized spacial score (nSPS) is 21.4. The minimum Gasteiger partial charge on any atom is -0.383 e. The van der Waals surface area contributed by atoms with Gasteiger partial charge in [-0.15, -0.1) is 0 Å². The molecule has 0 aromatic carbocycles. The third kappa shape index (κ3) is 2.93. The van der Waals surface area contributed by atoms with Gasteiger partial charge < -0.3 is 14.8 Å². The van der Waals surface area contributed by atoms with E-state index in [-0.39, 0.29) is 6.04 Å². The van der Waals surface area contributed by atoms with Crippen LogP contribution >= 0.6 is 15.9 Å². The van der Waals surface area contributed by atoms with Crippen LogP contribution in [0.5, 0.6) is 0 Å².